The van der Waals surface area contributed by atoms with Crippen molar-refractivity contribution >= 4 is 11.9 Å². The van der Waals surface area contributed by atoms with E-state index < -0.39 is 0 Å². The molecule has 6 nitrogen and oxygen atoms in total. The van der Waals surface area contributed by atoms with Gasteiger partial charge in [-0.05, 0) is 44.4 Å². The van der Waals surface area contributed by atoms with Gasteiger partial charge in [-0.15, -0.1) is 0 Å². The van der Waals surface area contributed by atoms with Crippen LogP contribution >= 0.6 is 0 Å². The minimum absolute atomic E-state index is 0.127. The Bertz CT molecular complexity index is 621. The van der Waals surface area contributed by atoms with Crippen molar-refractivity contribution in [3.8, 4) is 0 Å². The highest BCUT2D eigenvalue weighted by molar-refractivity contribution is 5.81. The number of halogens is 1. The molecule has 2 atom stereocenters. The van der Waals surface area contributed by atoms with Crippen LogP contribution in [-0.4, -0.2) is 56.7 Å². The van der Waals surface area contributed by atoms with Crippen molar-refractivity contribution < 1.29 is 18.7 Å². The van der Waals surface area contributed by atoms with Crippen LogP contribution < -0.4 is 5.32 Å². The highest BCUT2D eigenvalue weighted by Crippen LogP contribution is 2.20. The van der Waals surface area contributed by atoms with E-state index >= 15 is 0 Å². The topological polar surface area (TPSA) is 63.2 Å². The molecular formula is C20H30FN3O3. The second-order valence-electron chi connectivity index (χ2n) is 6.51. The van der Waals surface area contributed by atoms with Gasteiger partial charge in [0.15, 0.2) is 5.96 Å². The van der Waals surface area contributed by atoms with Crippen molar-refractivity contribution in [3.63, 3.8) is 0 Å². The van der Waals surface area contributed by atoms with E-state index in [2.05, 4.69) is 10.2 Å². The van der Waals surface area contributed by atoms with Gasteiger partial charge in [-0.1, -0.05) is 12.1 Å². The number of rotatable bonds is 7. The zero-order valence-electron chi connectivity index (χ0n) is 16.4. The van der Waals surface area contributed by atoms with E-state index in [1.54, 1.807) is 19.2 Å². The third kappa shape index (κ3) is 6.20. The summed E-state index contributed by atoms with van der Waals surface area (Å²) in [5.41, 5.74) is 0.876. The molecule has 0 radical (unpaired) electrons. The Morgan fingerprint density at radius 2 is 2.11 bits per heavy atom. The van der Waals surface area contributed by atoms with Gasteiger partial charge in [0.2, 0.25) is 0 Å². The first-order valence-electron chi connectivity index (χ1n) is 9.57. The summed E-state index contributed by atoms with van der Waals surface area (Å²) in [5.74, 6) is 0.219. The number of guanidine groups is 1. The number of carbonyl (C=O) groups is 1. The van der Waals surface area contributed by atoms with Crippen LogP contribution in [0.15, 0.2) is 29.3 Å². The molecule has 1 aromatic rings. The molecule has 1 heterocycles. The van der Waals surface area contributed by atoms with E-state index in [0.29, 0.717) is 19.7 Å². The number of hydrogen-bond acceptors (Lipinski definition) is 4. The fourth-order valence-corrected chi connectivity index (χ4v) is 3.21. The molecule has 1 fully saturated rings. The maximum Gasteiger partial charge on any atom is 0.310 e. The normalized spacial score (nSPS) is 18.9. The molecule has 2 unspecified atom stereocenters. The van der Waals surface area contributed by atoms with Crippen molar-refractivity contribution in [3.05, 3.63) is 35.6 Å². The summed E-state index contributed by atoms with van der Waals surface area (Å²) in [6, 6.07) is 6.27. The Balaban J connectivity index is 2.07. The number of likely N-dealkylation sites (tertiary alicyclic amines) is 1. The number of aliphatic imine (C=N–C) groups is 1. The Hall–Kier alpha value is -2.15. The summed E-state index contributed by atoms with van der Waals surface area (Å²) < 4.78 is 23.9. The number of ether oxygens (including phenoxy) is 2. The third-order valence-electron chi connectivity index (χ3n) is 4.61. The predicted octanol–water partition coefficient (Wildman–Crippen LogP) is 2.75. The Labute approximate surface area is 160 Å². The average molecular weight is 379 g/mol. The summed E-state index contributed by atoms with van der Waals surface area (Å²) in [4.78, 5) is 18.9. The second-order valence-corrected chi connectivity index (χ2v) is 6.51. The molecule has 1 aliphatic heterocycles. The van der Waals surface area contributed by atoms with Gasteiger partial charge in [0.25, 0.3) is 0 Å². The lowest BCUT2D eigenvalue weighted by Gasteiger charge is -2.34. The van der Waals surface area contributed by atoms with Gasteiger partial charge in [-0.2, -0.15) is 0 Å². The molecule has 1 saturated heterocycles. The molecule has 0 bridgehead atoms. The summed E-state index contributed by atoms with van der Waals surface area (Å²) in [5, 5.41) is 3.29. The second kappa shape index (κ2) is 10.9. The molecule has 1 aliphatic rings. The van der Waals surface area contributed by atoms with Crippen molar-refractivity contribution in [2.45, 2.75) is 32.8 Å². The molecule has 27 heavy (non-hydrogen) atoms. The van der Waals surface area contributed by atoms with Crippen LogP contribution in [0.2, 0.25) is 0 Å². The fourth-order valence-electron chi connectivity index (χ4n) is 3.21. The van der Waals surface area contributed by atoms with E-state index in [0.717, 1.165) is 37.5 Å². The van der Waals surface area contributed by atoms with Crippen LogP contribution in [0.4, 0.5) is 4.39 Å². The minimum Gasteiger partial charge on any atom is -0.466 e. The zero-order valence-corrected chi connectivity index (χ0v) is 16.4. The number of carbonyl (C=O) groups excluding carboxylic acids is 1. The highest BCUT2D eigenvalue weighted by atomic mass is 19.1. The van der Waals surface area contributed by atoms with Crippen LogP contribution in [0.1, 0.15) is 38.4 Å². The number of methoxy groups -OCH3 is 1. The summed E-state index contributed by atoms with van der Waals surface area (Å²) in [7, 11) is 1.62. The van der Waals surface area contributed by atoms with Crippen molar-refractivity contribution in [1.29, 1.82) is 0 Å². The number of hydrogen-bond donors (Lipinski definition) is 1. The minimum atomic E-state index is -0.274. The molecule has 1 N–H and O–H groups in total. The van der Waals surface area contributed by atoms with Crippen LogP contribution in [0.25, 0.3) is 0 Å². The predicted molar refractivity (Wildman–Crippen MR) is 103 cm³/mol. The SMILES string of the molecule is CCNC(=NCC(OC)c1ccc(F)cc1)N1CCCC(C(=O)OCC)C1. The van der Waals surface area contributed by atoms with E-state index in [1.807, 2.05) is 13.8 Å². The zero-order chi connectivity index (χ0) is 19.6. The molecule has 0 amide bonds. The maximum absolute atomic E-state index is 13.1. The van der Waals surface area contributed by atoms with Crippen LogP contribution in [0.3, 0.4) is 0 Å². The van der Waals surface area contributed by atoms with E-state index in [-0.39, 0.29) is 23.8 Å². The first kappa shape index (κ1) is 21.2. The largest absolute Gasteiger partial charge is 0.466 e. The van der Waals surface area contributed by atoms with Gasteiger partial charge >= 0.3 is 5.97 Å². The molecule has 0 saturated carbocycles. The molecule has 0 aliphatic carbocycles. The number of esters is 1. The Morgan fingerprint density at radius 1 is 1.37 bits per heavy atom. The van der Waals surface area contributed by atoms with Gasteiger partial charge < -0.3 is 19.7 Å². The summed E-state index contributed by atoms with van der Waals surface area (Å²) in [6.45, 7) is 6.81. The molecule has 0 aromatic heterocycles. The van der Waals surface area contributed by atoms with Crippen LogP contribution in [0.5, 0.6) is 0 Å². The van der Waals surface area contributed by atoms with Gasteiger partial charge in [-0.3, -0.25) is 9.79 Å². The van der Waals surface area contributed by atoms with Crippen LogP contribution in [0, 0.1) is 11.7 Å². The molecule has 0 spiro atoms. The van der Waals surface area contributed by atoms with Gasteiger partial charge in [-0.25, -0.2) is 4.39 Å². The van der Waals surface area contributed by atoms with Crippen molar-refractivity contribution in [2.24, 2.45) is 10.9 Å². The average Bonchev–Trinajstić information content (AvgIpc) is 2.69. The third-order valence-corrected chi connectivity index (χ3v) is 4.61. The van der Waals surface area contributed by atoms with E-state index in [4.69, 9.17) is 14.5 Å². The van der Waals surface area contributed by atoms with Crippen molar-refractivity contribution in [1.82, 2.24) is 10.2 Å². The summed E-state index contributed by atoms with van der Waals surface area (Å²) in [6.07, 6.45) is 1.50. The van der Waals surface area contributed by atoms with Gasteiger partial charge in [0.1, 0.15) is 11.9 Å². The van der Waals surface area contributed by atoms with E-state index in [1.165, 1.54) is 12.1 Å². The summed E-state index contributed by atoms with van der Waals surface area (Å²) >= 11 is 0. The first-order chi connectivity index (χ1) is 13.1. The smallest absolute Gasteiger partial charge is 0.310 e. The molecule has 7 heteroatoms. The maximum atomic E-state index is 13.1. The standard InChI is InChI=1S/C20H30FN3O3/c1-4-22-20(24-12-6-7-16(14-24)19(25)27-5-2)23-13-18(26-3)15-8-10-17(21)11-9-15/h8-11,16,18H,4-7,12-14H2,1-3H3,(H,22,23). The van der Waals surface area contributed by atoms with Gasteiger partial charge in [0.05, 0.1) is 19.1 Å². The Kier molecular flexibility index (Phi) is 8.51. The quantitative estimate of drug-likeness (QED) is 0.448. The highest BCUT2D eigenvalue weighted by Gasteiger charge is 2.28. The first-order valence-corrected chi connectivity index (χ1v) is 9.57. The number of piperidine rings is 1. The monoisotopic (exact) mass is 379 g/mol. The molecule has 150 valence electrons. The fraction of sp³-hybridized carbons (Fsp3) is 0.600. The van der Waals surface area contributed by atoms with Gasteiger partial charge in [0, 0.05) is 26.7 Å². The number of benzene rings is 1. The van der Waals surface area contributed by atoms with Crippen LogP contribution in [-0.2, 0) is 14.3 Å². The number of nitrogens with zero attached hydrogens (tertiary/aromatic N) is 2. The lowest BCUT2D eigenvalue weighted by molar-refractivity contribution is -0.149. The van der Waals surface area contributed by atoms with Crippen molar-refractivity contribution in [2.75, 3.05) is 39.9 Å². The number of nitrogens with one attached hydrogen (secondary N) is 1. The molecule has 2 rings (SSSR count). The van der Waals surface area contributed by atoms with E-state index in [9.17, 15) is 9.18 Å². The Morgan fingerprint density at radius 3 is 2.74 bits per heavy atom. The lowest BCUT2D eigenvalue weighted by Crippen LogP contribution is -2.48. The lowest BCUT2D eigenvalue weighted by atomic mass is 9.98. The molecule has 1 aromatic carbocycles. The molecular weight excluding hydrogens is 349 g/mol.